The molecule has 8 heteroatoms. The van der Waals surface area contributed by atoms with Crippen LogP contribution in [0.5, 0.6) is 0 Å². The van der Waals surface area contributed by atoms with Gasteiger partial charge in [-0.1, -0.05) is 30.3 Å². The van der Waals surface area contributed by atoms with E-state index in [4.69, 9.17) is 18.3 Å². The molecule has 0 spiro atoms. The fraction of sp³-hybridized carbons (Fsp3) is 0.381. The maximum atomic E-state index is 6.01. The van der Waals surface area contributed by atoms with Crippen molar-refractivity contribution < 1.29 is 13.3 Å². The van der Waals surface area contributed by atoms with Crippen LogP contribution < -0.4 is 0 Å². The Kier molecular flexibility index (Phi) is 9.04. The van der Waals surface area contributed by atoms with E-state index in [0.29, 0.717) is 19.8 Å². The zero-order valence-electron chi connectivity index (χ0n) is 17.1. The van der Waals surface area contributed by atoms with Crippen LogP contribution in [0.2, 0.25) is 6.04 Å². The van der Waals surface area contributed by atoms with Gasteiger partial charge in [-0.05, 0) is 72.5 Å². The van der Waals surface area contributed by atoms with Gasteiger partial charge in [0.2, 0.25) is 0 Å². The molecule has 0 bridgehead atoms. The Morgan fingerprint density at radius 3 is 2.21 bits per heavy atom. The monoisotopic (exact) mass is 465 g/mol. The molecule has 0 radical (unpaired) electrons. The van der Waals surface area contributed by atoms with Gasteiger partial charge in [-0.25, -0.2) is 4.98 Å². The summed E-state index contributed by atoms with van der Waals surface area (Å²) in [5, 5.41) is 0. The van der Waals surface area contributed by atoms with Crippen molar-refractivity contribution in [2.75, 3.05) is 19.8 Å². The largest absolute Gasteiger partial charge is 0.501 e. The highest BCUT2D eigenvalue weighted by atomic mass is 33.1. The van der Waals surface area contributed by atoms with E-state index in [0.717, 1.165) is 22.3 Å². The first kappa shape index (κ1) is 22.8. The summed E-state index contributed by atoms with van der Waals surface area (Å²) in [6.07, 6.45) is 0.871. The molecule has 2 aromatic carbocycles. The van der Waals surface area contributed by atoms with Gasteiger partial charge in [0.15, 0.2) is 4.34 Å². The highest BCUT2D eigenvalue weighted by molar-refractivity contribution is 8.77. The van der Waals surface area contributed by atoms with Gasteiger partial charge < -0.3 is 13.3 Å². The number of benzene rings is 2. The van der Waals surface area contributed by atoms with Gasteiger partial charge in [0.25, 0.3) is 0 Å². The number of fused-ring (bicyclic) bond motifs is 1. The summed E-state index contributed by atoms with van der Waals surface area (Å²) in [5.74, 6) is 0. The third kappa shape index (κ3) is 6.30. The summed E-state index contributed by atoms with van der Waals surface area (Å²) < 4.78 is 20.3. The molecule has 0 amide bonds. The highest BCUT2D eigenvalue weighted by Gasteiger charge is 2.40. The second kappa shape index (κ2) is 11.5. The van der Waals surface area contributed by atoms with E-state index in [2.05, 4.69) is 42.5 Å². The standard InChI is InChI=1S/C21H27NO3S3Si/c1-4-23-29(24-5-2,25-6-3)16-15-17-11-7-9-13-19(17)27-28-21-22-18-12-8-10-14-20(18)26-21/h7-14H,4-6,15-16H2,1-3H3. The van der Waals surface area contributed by atoms with Crippen LogP contribution >= 0.6 is 32.9 Å². The molecule has 0 saturated carbocycles. The Hall–Kier alpha value is -0.873. The second-order valence-electron chi connectivity index (χ2n) is 6.20. The Morgan fingerprint density at radius 1 is 0.862 bits per heavy atom. The van der Waals surface area contributed by atoms with Crippen LogP contribution in [0, 0.1) is 0 Å². The van der Waals surface area contributed by atoms with Crippen molar-refractivity contribution in [2.24, 2.45) is 0 Å². The number of thiazole rings is 1. The summed E-state index contributed by atoms with van der Waals surface area (Å²) in [6, 6.07) is 17.6. The maximum Gasteiger partial charge on any atom is 0.501 e. The van der Waals surface area contributed by atoms with Gasteiger partial charge in [-0.2, -0.15) is 0 Å². The van der Waals surface area contributed by atoms with E-state index >= 15 is 0 Å². The van der Waals surface area contributed by atoms with Crippen LogP contribution in [0.3, 0.4) is 0 Å². The minimum Gasteiger partial charge on any atom is -0.374 e. The Morgan fingerprint density at radius 2 is 1.52 bits per heavy atom. The third-order valence-electron chi connectivity index (χ3n) is 4.24. The Bertz CT molecular complexity index is 855. The zero-order chi connectivity index (χ0) is 20.5. The molecular weight excluding hydrogens is 439 g/mol. The SMILES string of the molecule is CCO[Si](CCc1ccccc1SSc1nc2ccccc2s1)(OCC)OCC. The number of nitrogens with zero attached hydrogens (tertiary/aromatic N) is 1. The van der Waals surface area contributed by atoms with Gasteiger partial charge in [0.05, 0.1) is 10.2 Å². The lowest BCUT2D eigenvalue weighted by atomic mass is 10.2. The number of aromatic nitrogens is 1. The van der Waals surface area contributed by atoms with E-state index in [1.54, 1.807) is 32.9 Å². The first-order chi connectivity index (χ1) is 14.2. The normalized spacial score (nSPS) is 12.0. The summed E-state index contributed by atoms with van der Waals surface area (Å²) in [7, 11) is 0.846. The first-order valence-corrected chi connectivity index (χ1v) is 14.8. The lowest BCUT2D eigenvalue weighted by molar-refractivity contribution is 0.0714. The van der Waals surface area contributed by atoms with Crippen molar-refractivity contribution in [3.05, 3.63) is 54.1 Å². The lowest BCUT2D eigenvalue weighted by Gasteiger charge is -2.28. The molecule has 0 N–H and O–H groups in total. The van der Waals surface area contributed by atoms with E-state index in [9.17, 15) is 0 Å². The van der Waals surface area contributed by atoms with Gasteiger partial charge in [-0.3, -0.25) is 0 Å². The number of hydrogen-bond donors (Lipinski definition) is 0. The van der Waals surface area contributed by atoms with Crippen LogP contribution in [0.4, 0.5) is 0 Å². The van der Waals surface area contributed by atoms with Crippen LogP contribution in [-0.2, 0) is 19.7 Å². The van der Waals surface area contributed by atoms with Crippen molar-refractivity contribution in [1.82, 2.24) is 4.98 Å². The minimum absolute atomic E-state index is 0.607. The van der Waals surface area contributed by atoms with Gasteiger partial charge >= 0.3 is 8.80 Å². The molecular formula is C21H27NO3S3Si. The summed E-state index contributed by atoms with van der Waals surface area (Å²) in [6.45, 7) is 7.82. The number of hydrogen-bond acceptors (Lipinski definition) is 7. The molecule has 0 unspecified atom stereocenters. The van der Waals surface area contributed by atoms with Crippen molar-refractivity contribution in [3.63, 3.8) is 0 Å². The van der Waals surface area contributed by atoms with Gasteiger partial charge in [0, 0.05) is 30.8 Å². The van der Waals surface area contributed by atoms with Gasteiger partial charge in [-0.15, -0.1) is 11.3 Å². The first-order valence-electron chi connectivity index (χ1n) is 9.89. The van der Waals surface area contributed by atoms with E-state index in [1.165, 1.54) is 15.2 Å². The number of aryl methyl sites for hydroxylation is 1. The van der Waals surface area contributed by atoms with Crippen molar-refractivity contribution in [1.29, 1.82) is 0 Å². The van der Waals surface area contributed by atoms with Crippen LogP contribution in [-0.4, -0.2) is 33.6 Å². The third-order valence-corrected chi connectivity index (χ3v) is 11.1. The molecule has 0 saturated heterocycles. The Balaban J connectivity index is 1.69. The molecule has 3 aromatic rings. The van der Waals surface area contributed by atoms with Crippen LogP contribution in [0.15, 0.2) is 57.8 Å². The van der Waals surface area contributed by atoms with E-state index in [1.807, 2.05) is 26.8 Å². The van der Waals surface area contributed by atoms with Crippen LogP contribution in [0.1, 0.15) is 26.3 Å². The minimum atomic E-state index is -2.64. The zero-order valence-corrected chi connectivity index (χ0v) is 20.5. The molecule has 1 aromatic heterocycles. The van der Waals surface area contributed by atoms with Crippen LogP contribution in [0.25, 0.3) is 10.2 Å². The van der Waals surface area contributed by atoms with Crippen molar-refractivity contribution in [2.45, 2.75) is 42.5 Å². The molecule has 0 atom stereocenters. The van der Waals surface area contributed by atoms with E-state index < -0.39 is 8.80 Å². The number of para-hydroxylation sites is 1. The molecule has 3 rings (SSSR count). The lowest BCUT2D eigenvalue weighted by Crippen LogP contribution is -2.46. The summed E-state index contributed by atoms with van der Waals surface area (Å²) in [4.78, 5) is 5.98. The summed E-state index contributed by atoms with van der Waals surface area (Å²) >= 11 is 1.74. The fourth-order valence-corrected chi connectivity index (χ4v) is 9.13. The predicted molar refractivity (Wildman–Crippen MR) is 127 cm³/mol. The molecule has 0 aliphatic carbocycles. The molecule has 4 nitrogen and oxygen atoms in total. The second-order valence-corrected chi connectivity index (χ2v) is 12.4. The molecule has 156 valence electrons. The summed E-state index contributed by atoms with van der Waals surface area (Å²) in [5.41, 5.74) is 2.36. The van der Waals surface area contributed by atoms with Crippen molar-refractivity contribution in [3.8, 4) is 0 Å². The smallest absolute Gasteiger partial charge is 0.374 e. The quantitative estimate of drug-likeness (QED) is 0.219. The average Bonchev–Trinajstić information content (AvgIpc) is 3.15. The average molecular weight is 466 g/mol. The molecule has 0 aliphatic heterocycles. The maximum absolute atomic E-state index is 6.01. The number of rotatable bonds is 12. The fourth-order valence-electron chi connectivity index (χ4n) is 3.05. The molecule has 1 heterocycles. The molecule has 0 fully saturated rings. The predicted octanol–water partition coefficient (Wildman–Crippen LogP) is 6.69. The van der Waals surface area contributed by atoms with Crippen molar-refractivity contribution >= 4 is 51.9 Å². The van der Waals surface area contributed by atoms with E-state index in [-0.39, 0.29) is 0 Å². The molecule has 29 heavy (non-hydrogen) atoms. The van der Waals surface area contributed by atoms with Gasteiger partial charge in [0.1, 0.15) is 0 Å². The topological polar surface area (TPSA) is 40.6 Å². The molecule has 0 aliphatic rings. The Labute approximate surface area is 186 Å². The highest BCUT2D eigenvalue weighted by Crippen LogP contribution is 2.42.